The Morgan fingerprint density at radius 3 is 2.42 bits per heavy atom. The highest BCUT2D eigenvalue weighted by atomic mass is 35.5. The van der Waals surface area contributed by atoms with Gasteiger partial charge in [-0.1, -0.05) is 18.0 Å². The molecule has 0 aliphatic carbocycles. The largest absolute Gasteiger partial charge is 0.494 e. The van der Waals surface area contributed by atoms with Crippen LogP contribution in [0.1, 0.15) is 39.5 Å². The summed E-state index contributed by atoms with van der Waals surface area (Å²) in [7, 11) is 0. The van der Waals surface area contributed by atoms with Crippen LogP contribution in [0.2, 0.25) is 5.02 Å². The molecule has 1 aliphatic heterocycles. The van der Waals surface area contributed by atoms with Crippen molar-refractivity contribution in [3.8, 4) is 5.75 Å². The molecule has 0 radical (unpaired) electrons. The van der Waals surface area contributed by atoms with E-state index in [1.165, 1.54) is 19.3 Å². The molecule has 0 unspecified atom stereocenters. The van der Waals surface area contributed by atoms with E-state index in [0.717, 1.165) is 42.4 Å². The van der Waals surface area contributed by atoms with Crippen LogP contribution in [-0.4, -0.2) is 30.1 Å². The van der Waals surface area contributed by atoms with E-state index >= 15 is 0 Å². The maximum Gasteiger partial charge on any atom is 0.119 e. The van der Waals surface area contributed by atoms with Gasteiger partial charge in [-0.2, -0.15) is 0 Å². The number of nitrogens with zero attached hydrogens (tertiary/aromatic N) is 1. The van der Waals surface area contributed by atoms with Gasteiger partial charge in [0.2, 0.25) is 0 Å². The third-order valence-electron chi connectivity index (χ3n) is 4.02. The number of piperidine rings is 1. The minimum atomic E-state index is 0.722. The molecular weight excluding hydrogens is 258 g/mol. The Morgan fingerprint density at radius 1 is 1.16 bits per heavy atom. The fourth-order valence-electron chi connectivity index (χ4n) is 2.88. The van der Waals surface area contributed by atoms with Crippen LogP contribution >= 0.6 is 11.6 Å². The summed E-state index contributed by atoms with van der Waals surface area (Å²) < 4.78 is 5.74. The lowest BCUT2D eigenvalue weighted by atomic mass is 9.97. The van der Waals surface area contributed by atoms with Crippen LogP contribution in [0.5, 0.6) is 5.75 Å². The lowest BCUT2D eigenvalue weighted by Gasteiger charge is -2.39. The second kappa shape index (κ2) is 7.16. The van der Waals surface area contributed by atoms with Crippen LogP contribution in [0.15, 0.2) is 24.3 Å². The van der Waals surface area contributed by atoms with Gasteiger partial charge in [0.15, 0.2) is 0 Å². The van der Waals surface area contributed by atoms with Gasteiger partial charge in [0, 0.05) is 23.7 Å². The van der Waals surface area contributed by atoms with Crippen LogP contribution in [-0.2, 0) is 0 Å². The first-order valence-electron chi connectivity index (χ1n) is 7.31. The second-order valence-corrected chi connectivity index (χ2v) is 5.96. The SMILES string of the molecule is C[C@@H]1CCC[C@H](C)N1CCCOc1ccc(Cl)cc1. The summed E-state index contributed by atoms with van der Waals surface area (Å²) in [4.78, 5) is 2.62. The van der Waals surface area contributed by atoms with E-state index in [4.69, 9.17) is 16.3 Å². The van der Waals surface area contributed by atoms with E-state index in [1.807, 2.05) is 24.3 Å². The number of halogens is 1. The van der Waals surface area contributed by atoms with E-state index in [0.29, 0.717) is 0 Å². The fourth-order valence-corrected chi connectivity index (χ4v) is 3.01. The second-order valence-electron chi connectivity index (χ2n) is 5.52. The Balaban J connectivity index is 1.70. The zero-order valence-corrected chi connectivity index (χ0v) is 12.7. The third-order valence-corrected chi connectivity index (χ3v) is 4.27. The van der Waals surface area contributed by atoms with Gasteiger partial charge >= 0.3 is 0 Å². The lowest BCUT2D eigenvalue weighted by Crippen LogP contribution is -2.44. The molecule has 1 aromatic rings. The maximum absolute atomic E-state index is 5.84. The molecule has 0 bridgehead atoms. The van der Waals surface area contributed by atoms with Crippen molar-refractivity contribution in [1.82, 2.24) is 4.90 Å². The molecule has 0 saturated carbocycles. The van der Waals surface area contributed by atoms with Crippen molar-refractivity contribution < 1.29 is 4.74 Å². The Bertz CT molecular complexity index is 369. The van der Waals surface area contributed by atoms with Gasteiger partial charge in [-0.3, -0.25) is 4.90 Å². The van der Waals surface area contributed by atoms with Crippen LogP contribution in [0.4, 0.5) is 0 Å². The minimum Gasteiger partial charge on any atom is -0.494 e. The van der Waals surface area contributed by atoms with Crippen LogP contribution in [0.25, 0.3) is 0 Å². The van der Waals surface area contributed by atoms with Gasteiger partial charge in [0.05, 0.1) is 6.61 Å². The summed E-state index contributed by atoms with van der Waals surface area (Å²) in [6.07, 6.45) is 5.13. The summed E-state index contributed by atoms with van der Waals surface area (Å²) in [5.41, 5.74) is 0. The van der Waals surface area contributed by atoms with Gasteiger partial charge in [-0.05, 0) is 57.4 Å². The van der Waals surface area contributed by atoms with E-state index in [9.17, 15) is 0 Å². The molecule has 1 heterocycles. The summed E-state index contributed by atoms with van der Waals surface area (Å²) in [6, 6.07) is 9.03. The number of benzene rings is 1. The summed E-state index contributed by atoms with van der Waals surface area (Å²) in [6.45, 7) is 6.60. The van der Waals surface area contributed by atoms with Crippen molar-refractivity contribution in [3.63, 3.8) is 0 Å². The lowest BCUT2D eigenvalue weighted by molar-refractivity contribution is 0.0961. The van der Waals surface area contributed by atoms with Gasteiger partial charge in [0.25, 0.3) is 0 Å². The zero-order valence-electron chi connectivity index (χ0n) is 11.9. The van der Waals surface area contributed by atoms with Gasteiger partial charge in [0.1, 0.15) is 5.75 Å². The Hall–Kier alpha value is -0.730. The Kier molecular flexibility index (Phi) is 5.53. The number of likely N-dealkylation sites (tertiary alicyclic amines) is 1. The number of hydrogen-bond acceptors (Lipinski definition) is 2. The Morgan fingerprint density at radius 2 is 1.79 bits per heavy atom. The molecular formula is C16H24ClNO. The van der Waals surface area contributed by atoms with Crippen molar-refractivity contribution in [2.45, 2.75) is 51.6 Å². The first-order valence-corrected chi connectivity index (χ1v) is 7.68. The third kappa shape index (κ3) is 4.39. The molecule has 1 aromatic carbocycles. The maximum atomic E-state index is 5.84. The highest BCUT2D eigenvalue weighted by molar-refractivity contribution is 6.30. The smallest absolute Gasteiger partial charge is 0.119 e. The van der Waals surface area contributed by atoms with Gasteiger partial charge < -0.3 is 4.74 Å². The molecule has 106 valence electrons. The highest BCUT2D eigenvalue weighted by Gasteiger charge is 2.23. The van der Waals surface area contributed by atoms with Crippen molar-refractivity contribution >= 4 is 11.6 Å². The van der Waals surface area contributed by atoms with Crippen molar-refractivity contribution in [2.75, 3.05) is 13.2 Å². The summed E-state index contributed by atoms with van der Waals surface area (Å²) in [5, 5.41) is 0.753. The van der Waals surface area contributed by atoms with Crippen LogP contribution in [0.3, 0.4) is 0 Å². The predicted molar refractivity (Wildman–Crippen MR) is 81.0 cm³/mol. The molecule has 0 amide bonds. The van der Waals surface area contributed by atoms with Crippen molar-refractivity contribution in [1.29, 1.82) is 0 Å². The van der Waals surface area contributed by atoms with Crippen LogP contribution < -0.4 is 4.74 Å². The first kappa shape index (κ1) is 14.7. The molecule has 2 rings (SSSR count). The molecule has 2 atom stereocenters. The zero-order chi connectivity index (χ0) is 13.7. The van der Waals surface area contributed by atoms with E-state index in [-0.39, 0.29) is 0 Å². The predicted octanol–water partition coefficient (Wildman–Crippen LogP) is 4.37. The topological polar surface area (TPSA) is 12.5 Å². The molecule has 1 saturated heterocycles. The monoisotopic (exact) mass is 281 g/mol. The normalized spacial score (nSPS) is 24.4. The summed E-state index contributed by atoms with van der Waals surface area (Å²) >= 11 is 5.84. The Labute approximate surface area is 121 Å². The van der Waals surface area contributed by atoms with Crippen LogP contribution in [0, 0.1) is 0 Å². The van der Waals surface area contributed by atoms with Gasteiger partial charge in [-0.25, -0.2) is 0 Å². The highest BCUT2D eigenvalue weighted by Crippen LogP contribution is 2.22. The average Bonchev–Trinajstić information content (AvgIpc) is 2.39. The number of hydrogen-bond donors (Lipinski definition) is 0. The van der Waals surface area contributed by atoms with E-state index < -0.39 is 0 Å². The standard InChI is InChI=1S/C16H24ClNO/c1-13-5-3-6-14(2)18(13)11-4-12-19-16-9-7-15(17)8-10-16/h7-10,13-14H,3-6,11-12H2,1-2H3/t13-,14+. The first-order chi connectivity index (χ1) is 9.16. The van der Waals surface area contributed by atoms with Gasteiger partial charge in [-0.15, -0.1) is 0 Å². The van der Waals surface area contributed by atoms with Crippen molar-refractivity contribution in [2.24, 2.45) is 0 Å². The molecule has 1 aliphatic rings. The average molecular weight is 282 g/mol. The quantitative estimate of drug-likeness (QED) is 0.743. The van der Waals surface area contributed by atoms with Crippen molar-refractivity contribution in [3.05, 3.63) is 29.3 Å². The molecule has 1 fully saturated rings. The number of rotatable bonds is 5. The minimum absolute atomic E-state index is 0.722. The van der Waals surface area contributed by atoms with E-state index in [1.54, 1.807) is 0 Å². The van der Waals surface area contributed by atoms with E-state index in [2.05, 4.69) is 18.7 Å². The summed E-state index contributed by atoms with van der Waals surface area (Å²) in [5.74, 6) is 0.907. The fraction of sp³-hybridized carbons (Fsp3) is 0.625. The molecule has 0 spiro atoms. The molecule has 19 heavy (non-hydrogen) atoms. The molecule has 0 aromatic heterocycles. The molecule has 0 N–H and O–H groups in total. The number of ether oxygens (including phenoxy) is 1. The molecule has 3 heteroatoms. The molecule has 2 nitrogen and oxygen atoms in total.